The lowest BCUT2D eigenvalue weighted by atomic mass is 9.87. The van der Waals surface area contributed by atoms with Gasteiger partial charge in [-0.2, -0.15) is 10.1 Å². The minimum Gasteiger partial charge on any atom is -0.351 e. The molecule has 23 heavy (non-hydrogen) atoms. The fourth-order valence-corrected chi connectivity index (χ4v) is 2.85. The number of hydrogen-bond donors (Lipinski definition) is 3. The van der Waals surface area contributed by atoms with Gasteiger partial charge in [-0.25, -0.2) is 0 Å². The zero-order valence-electron chi connectivity index (χ0n) is 14.7. The quantitative estimate of drug-likeness (QED) is 0.589. The van der Waals surface area contributed by atoms with Gasteiger partial charge in [0.25, 0.3) is 0 Å². The third-order valence-corrected chi connectivity index (χ3v) is 3.87. The van der Waals surface area contributed by atoms with Gasteiger partial charge in [0.2, 0.25) is 11.9 Å². The zero-order chi connectivity index (χ0) is 16.9. The van der Waals surface area contributed by atoms with Crippen molar-refractivity contribution in [2.24, 2.45) is 10.9 Å². The van der Waals surface area contributed by atoms with Crippen LogP contribution in [-0.4, -0.2) is 27.6 Å². The van der Waals surface area contributed by atoms with Crippen LogP contribution in [0, 0.1) is 12.8 Å². The lowest BCUT2D eigenvalue weighted by Gasteiger charge is -2.24. The van der Waals surface area contributed by atoms with Crippen molar-refractivity contribution in [2.75, 3.05) is 5.32 Å². The molecule has 6 heteroatoms. The SMILES string of the molecule is Cc1cc(N/C(=N\C(=O)CC2CCCCC2)NC(C)(C)C)n[nH]1. The van der Waals surface area contributed by atoms with Crippen LogP contribution in [0.1, 0.15) is 65.0 Å². The molecule has 1 heterocycles. The van der Waals surface area contributed by atoms with E-state index in [1.54, 1.807) is 0 Å². The van der Waals surface area contributed by atoms with Crippen molar-refractivity contribution >= 4 is 17.7 Å². The van der Waals surface area contributed by atoms with E-state index in [2.05, 4.69) is 25.8 Å². The maximum absolute atomic E-state index is 12.3. The van der Waals surface area contributed by atoms with Crippen molar-refractivity contribution in [2.45, 2.75) is 71.8 Å². The van der Waals surface area contributed by atoms with E-state index in [0.717, 1.165) is 18.5 Å². The van der Waals surface area contributed by atoms with Crippen LogP contribution in [0.4, 0.5) is 5.82 Å². The first kappa shape index (κ1) is 17.5. The summed E-state index contributed by atoms with van der Waals surface area (Å²) in [4.78, 5) is 16.6. The summed E-state index contributed by atoms with van der Waals surface area (Å²) in [5, 5.41) is 13.4. The number of carbonyl (C=O) groups is 1. The number of nitrogens with one attached hydrogen (secondary N) is 3. The van der Waals surface area contributed by atoms with Gasteiger partial charge in [-0.15, -0.1) is 0 Å². The van der Waals surface area contributed by atoms with Crippen LogP contribution in [0.15, 0.2) is 11.1 Å². The number of aromatic nitrogens is 2. The van der Waals surface area contributed by atoms with Gasteiger partial charge in [0.15, 0.2) is 5.82 Å². The van der Waals surface area contributed by atoms with Gasteiger partial charge >= 0.3 is 0 Å². The van der Waals surface area contributed by atoms with E-state index in [4.69, 9.17) is 0 Å². The van der Waals surface area contributed by atoms with Crippen molar-refractivity contribution in [3.8, 4) is 0 Å². The van der Waals surface area contributed by atoms with E-state index in [9.17, 15) is 4.79 Å². The lowest BCUT2D eigenvalue weighted by molar-refractivity contribution is -0.118. The minimum atomic E-state index is -0.192. The number of carbonyl (C=O) groups excluding carboxylic acids is 1. The predicted octanol–water partition coefficient (Wildman–Crippen LogP) is 3.37. The molecule has 0 radical (unpaired) electrons. The molecule has 1 aliphatic carbocycles. The number of aryl methyl sites for hydroxylation is 1. The summed E-state index contributed by atoms with van der Waals surface area (Å²) in [6.07, 6.45) is 6.60. The normalized spacial score (nSPS) is 17.1. The molecule has 0 saturated heterocycles. The highest BCUT2D eigenvalue weighted by Crippen LogP contribution is 2.26. The molecule has 0 unspecified atom stereocenters. The van der Waals surface area contributed by atoms with Gasteiger partial charge in [0.05, 0.1) is 0 Å². The third kappa shape index (κ3) is 6.42. The van der Waals surface area contributed by atoms with Crippen molar-refractivity contribution in [3.63, 3.8) is 0 Å². The summed E-state index contributed by atoms with van der Waals surface area (Å²) in [6, 6.07) is 1.88. The highest BCUT2D eigenvalue weighted by molar-refractivity contribution is 6.00. The van der Waals surface area contributed by atoms with Gasteiger partial charge in [-0.1, -0.05) is 19.3 Å². The number of rotatable bonds is 3. The first-order valence-electron chi connectivity index (χ1n) is 8.50. The molecule has 0 aliphatic heterocycles. The van der Waals surface area contributed by atoms with Crippen LogP contribution in [0.25, 0.3) is 0 Å². The number of aliphatic imine (C=N–C) groups is 1. The van der Waals surface area contributed by atoms with E-state index in [1.165, 1.54) is 19.3 Å². The Morgan fingerprint density at radius 1 is 1.35 bits per heavy atom. The number of guanidine groups is 1. The standard InChI is InChI=1S/C17H29N5O/c1-12-10-14(22-21-12)18-16(20-17(2,3)4)19-15(23)11-13-8-6-5-7-9-13/h10,13H,5-9,11H2,1-4H3,(H3,18,19,20,21,22,23). The molecule has 2 rings (SSSR count). The van der Waals surface area contributed by atoms with Crippen LogP contribution >= 0.6 is 0 Å². The Bertz CT molecular complexity index is 550. The van der Waals surface area contributed by atoms with Gasteiger partial charge in [0, 0.05) is 23.7 Å². The molecule has 1 fully saturated rings. The number of hydrogen-bond acceptors (Lipinski definition) is 2. The van der Waals surface area contributed by atoms with Crippen LogP contribution < -0.4 is 10.6 Å². The molecule has 0 atom stereocenters. The average Bonchev–Trinajstić information content (AvgIpc) is 2.83. The fourth-order valence-electron chi connectivity index (χ4n) is 2.85. The zero-order valence-corrected chi connectivity index (χ0v) is 14.7. The fraction of sp³-hybridized carbons (Fsp3) is 0.706. The van der Waals surface area contributed by atoms with Crippen molar-refractivity contribution in [1.29, 1.82) is 0 Å². The van der Waals surface area contributed by atoms with E-state index < -0.39 is 0 Å². The Morgan fingerprint density at radius 3 is 2.61 bits per heavy atom. The second-order valence-electron chi connectivity index (χ2n) is 7.50. The molecule has 128 valence electrons. The maximum atomic E-state index is 12.3. The molecule has 1 aromatic rings. The molecular formula is C17H29N5O. The minimum absolute atomic E-state index is 0.0663. The molecule has 1 saturated carbocycles. The molecule has 1 aliphatic rings. The molecule has 0 spiro atoms. The van der Waals surface area contributed by atoms with E-state index in [0.29, 0.717) is 24.1 Å². The maximum Gasteiger partial charge on any atom is 0.249 e. The first-order chi connectivity index (χ1) is 10.8. The van der Waals surface area contributed by atoms with Gasteiger partial charge in [0.1, 0.15) is 0 Å². The molecule has 6 nitrogen and oxygen atoms in total. The van der Waals surface area contributed by atoms with Gasteiger partial charge < -0.3 is 10.6 Å². The van der Waals surface area contributed by atoms with Crippen LogP contribution in [0.3, 0.4) is 0 Å². The second kappa shape index (κ2) is 7.62. The van der Waals surface area contributed by atoms with Gasteiger partial charge in [-0.05, 0) is 46.5 Å². The topological polar surface area (TPSA) is 82.2 Å². The first-order valence-corrected chi connectivity index (χ1v) is 8.50. The van der Waals surface area contributed by atoms with Crippen LogP contribution in [0.2, 0.25) is 0 Å². The van der Waals surface area contributed by atoms with E-state index in [-0.39, 0.29) is 11.4 Å². The number of H-pyrrole nitrogens is 1. The summed E-state index contributed by atoms with van der Waals surface area (Å²) >= 11 is 0. The van der Waals surface area contributed by atoms with Crippen LogP contribution in [-0.2, 0) is 4.79 Å². The van der Waals surface area contributed by atoms with Crippen molar-refractivity contribution in [3.05, 3.63) is 11.8 Å². The van der Waals surface area contributed by atoms with Crippen molar-refractivity contribution < 1.29 is 4.79 Å². The monoisotopic (exact) mass is 319 g/mol. The number of nitrogens with zero attached hydrogens (tertiary/aromatic N) is 2. The predicted molar refractivity (Wildman–Crippen MR) is 93.5 cm³/mol. The Balaban J connectivity index is 2.03. The van der Waals surface area contributed by atoms with Crippen molar-refractivity contribution in [1.82, 2.24) is 15.5 Å². The Morgan fingerprint density at radius 2 is 2.04 bits per heavy atom. The number of aromatic amines is 1. The highest BCUT2D eigenvalue weighted by Gasteiger charge is 2.19. The molecule has 0 bridgehead atoms. The second-order valence-corrected chi connectivity index (χ2v) is 7.50. The summed E-state index contributed by atoms with van der Waals surface area (Å²) < 4.78 is 0. The third-order valence-electron chi connectivity index (χ3n) is 3.87. The lowest BCUT2D eigenvalue weighted by Crippen LogP contribution is -2.44. The molecular weight excluding hydrogens is 290 g/mol. The Labute approximate surface area is 138 Å². The molecule has 1 aromatic heterocycles. The van der Waals surface area contributed by atoms with E-state index in [1.807, 2.05) is 33.8 Å². The average molecular weight is 319 g/mol. The summed E-state index contributed by atoms with van der Waals surface area (Å²) in [5.41, 5.74) is 0.763. The smallest absolute Gasteiger partial charge is 0.249 e. The largest absolute Gasteiger partial charge is 0.351 e. The highest BCUT2D eigenvalue weighted by atomic mass is 16.1. The molecule has 1 amide bonds. The Kier molecular flexibility index (Phi) is 5.80. The number of anilines is 1. The molecule has 0 aromatic carbocycles. The summed E-state index contributed by atoms with van der Waals surface area (Å²) in [7, 11) is 0. The van der Waals surface area contributed by atoms with Gasteiger partial charge in [-0.3, -0.25) is 9.89 Å². The Hall–Kier alpha value is -1.85. The summed E-state index contributed by atoms with van der Waals surface area (Å²) in [6.45, 7) is 8.03. The number of amides is 1. The van der Waals surface area contributed by atoms with Crippen LogP contribution in [0.5, 0.6) is 0 Å². The van der Waals surface area contributed by atoms with E-state index >= 15 is 0 Å². The summed E-state index contributed by atoms with van der Waals surface area (Å²) in [5.74, 6) is 1.54. The molecule has 3 N–H and O–H groups in total.